The van der Waals surface area contributed by atoms with Crippen LogP contribution >= 0.6 is 0 Å². The first-order valence-electron chi connectivity index (χ1n) is 6.38. The minimum atomic E-state index is -4.06. The summed E-state index contributed by atoms with van der Waals surface area (Å²) in [5.74, 6) is 0. The summed E-state index contributed by atoms with van der Waals surface area (Å²) in [6.07, 6.45) is 0. The van der Waals surface area contributed by atoms with Gasteiger partial charge >= 0.3 is 127 Å². The zero-order chi connectivity index (χ0) is 15.1. The molecule has 2 rings (SSSR count). The Morgan fingerprint density at radius 1 is 0.950 bits per heavy atom. The quantitative estimate of drug-likeness (QED) is 0.634. The molecule has 20 heavy (non-hydrogen) atoms. The fourth-order valence-electron chi connectivity index (χ4n) is 2.48. The molecule has 0 aliphatic rings. The molecule has 0 atom stereocenters. The predicted octanol–water partition coefficient (Wildman–Crippen LogP) is 4.30. The molecule has 0 unspecified atom stereocenters. The first-order valence-corrected chi connectivity index (χ1v) is 8.71. The predicted molar refractivity (Wildman–Crippen MR) is 78.8 cm³/mol. The summed E-state index contributed by atoms with van der Waals surface area (Å²) in [5, 5.41) is 1.71. The van der Waals surface area contributed by atoms with Crippen molar-refractivity contribution >= 4 is 35.3 Å². The molecule has 0 bridgehead atoms. The summed E-state index contributed by atoms with van der Waals surface area (Å²) in [6, 6.07) is 9.21. The van der Waals surface area contributed by atoms with Crippen molar-refractivity contribution in [3.8, 4) is 0 Å². The monoisotopic (exact) mass is 396 g/mol. The molecule has 0 aromatic heterocycles. The Balaban J connectivity index is 2.76. The number of hydrogen-bond acceptors (Lipinski definition) is 0. The van der Waals surface area contributed by atoms with Gasteiger partial charge < -0.3 is 0 Å². The van der Waals surface area contributed by atoms with Crippen molar-refractivity contribution in [1.29, 1.82) is 0 Å². The fraction of sp³-hybridized carbons (Fsp3) is 0.375. The van der Waals surface area contributed by atoms with Crippen LogP contribution in [0.5, 0.6) is 0 Å². The summed E-state index contributed by atoms with van der Waals surface area (Å²) >= 11 is -2.20. The van der Waals surface area contributed by atoms with Crippen LogP contribution in [0.4, 0.5) is 13.2 Å². The van der Waals surface area contributed by atoms with E-state index >= 15 is 0 Å². The van der Waals surface area contributed by atoms with Crippen molar-refractivity contribution in [2.75, 3.05) is 0 Å². The van der Waals surface area contributed by atoms with Crippen LogP contribution < -0.4 is 3.61 Å². The molecule has 2 aromatic rings. The second-order valence-corrected chi connectivity index (χ2v) is 9.05. The third-order valence-corrected chi connectivity index (χ3v) is 5.56. The third-order valence-electron chi connectivity index (χ3n) is 3.31. The van der Waals surface area contributed by atoms with Crippen molar-refractivity contribution in [3.05, 3.63) is 41.5 Å². The number of rotatable bonds is 1. The molecule has 0 amide bonds. The molecule has 0 saturated carbocycles. The van der Waals surface area contributed by atoms with E-state index in [4.69, 9.17) is 0 Å². The molecular formula is C16H17F3Te. The molecule has 0 spiro atoms. The normalized spacial score (nSPS) is 12.9. The molecule has 108 valence electrons. The van der Waals surface area contributed by atoms with E-state index in [2.05, 4.69) is 0 Å². The van der Waals surface area contributed by atoms with Crippen molar-refractivity contribution in [2.24, 2.45) is 0 Å². The Bertz CT molecular complexity index is 636. The van der Waals surface area contributed by atoms with E-state index in [0.717, 1.165) is 21.9 Å². The molecule has 0 saturated heterocycles. The van der Waals surface area contributed by atoms with Crippen molar-refractivity contribution in [3.63, 3.8) is 0 Å². The number of alkyl halides is 3. The molecule has 0 aliphatic heterocycles. The Kier molecular flexibility index (Phi) is 4.10. The van der Waals surface area contributed by atoms with Crippen molar-refractivity contribution < 1.29 is 13.2 Å². The van der Waals surface area contributed by atoms with Gasteiger partial charge in [-0.15, -0.1) is 0 Å². The number of fused-ring (bicyclic) bond motifs is 1. The molecule has 4 heteroatoms. The van der Waals surface area contributed by atoms with E-state index in [0.29, 0.717) is 3.61 Å². The van der Waals surface area contributed by atoms with Gasteiger partial charge in [0, 0.05) is 0 Å². The SMILES string of the molecule is Cc1c(C(C)(C)C)cc([Te]C(F)(F)F)c2ccccc12. The molecule has 0 heterocycles. The van der Waals surface area contributed by atoms with Gasteiger partial charge in [0.1, 0.15) is 0 Å². The first kappa shape index (κ1) is 15.7. The maximum atomic E-state index is 12.9. The van der Waals surface area contributed by atoms with Crippen LogP contribution in [-0.2, 0) is 5.41 Å². The van der Waals surface area contributed by atoms with Gasteiger partial charge in [0.15, 0.2) is 0 Å². The van der Waals surface area contributed by atoms with Crippen LogP contribution in [0.15, 0.2) is 30.3 Å². The summed E-state index contributed by atoms with van der Waals surface area (Å²) < 4.78 is 35.0. The van der Waals surface area contributed by atoms with Crippen LogP contribution in [0.3, 0.4) is 0 Å². The molecule has 0 aliphatic carbocycles. The van der Waals surface area contributed by atoms with Gasteiger partial charge in [-0.1, -0.05) is 0 Å². The minimum absolute atomic E-state index is 0.151. The third kappa shape index (κ3) is 3.30. The molecule has 0 radical (unpaired) electrons. The van der Waals surface area contributed by atoms with E-state index < -0.39 is 25.1 Å². The summed E-state index contributed by atoms with van der Waals surface area (Å²) in [4.78, 5) is 0. The number of halogens is 3. The van der Waals surface area contributed by atoms with Gasteiger partial charge in [-0.05, 0) is 0 Å². The Morgan fingerprint density at radius 3 is 2.00 bits per heavy atom. The van der Waals surface area contributed by atoms with Crippen LogP contribution in [0.2, 0.25) is 0 Å². The van der Waals surface area contributed by atoms with Crippen LogP contribution in [0.25, 0.3) is 10.8 Å². The topological polar surface area (TPSA) is 0 Å². The van der Waals surface area contributed by atoms with Gasteiger partial charge in [-0.25, -0.2) is 0 Å². The van der Waals surface area contributed by atoms with Gasteiger partial charge in [0.05, 0.1) is 0 Å². The Hall–Kier alpha value is -0.720. The summed E-state index contributed by atoms with van der Waals surface area (Å²) in [5.41, 5.74) is 1.95. The van der Waals surface area contributed by atoms with E-state index in [1.165, 1.54) is 0 Å². The summed E-state index contributed by atoms with van der Waals surface area (Å²) in [6.45, 7) is 8.13. The standard InChI is InChI=1S/C16H17F3Te/c1-10-11-7-5-6-8-12(11)14(20-16(17,18)19)9-13(10)15(2,3)4/h5-9H,1-4H3. The number of aryl methyl sites for hydroxylation is 1. The molecular weight excluding hydrogens is 377 g/mol. The van der Waals surface area contributed by atoms with Gasteiger partial charge in [0.2, 0.25) is 0 Å². The first-order chi connectivity index (χ1) is 9.09. The van der Waals surface area contributed by atoms with Crippen molar-refractivity contribution in [2.45, 2.75) is 37.3 Å². The second-order valence-electron chi connectivity index (χ2n) is 5.89. The second kappa shape index (κ2) is 5.24. The average molecular weight is 394 g/mol. The molecule has 0 fully saturated rings. The molecule has 0 nitrogen and oxygen atoms in total. The average Bonchev–Trinajstić information content (AvgIpc) is 2.30. The van der Waals surface area contributed by atoms with Crippen LogP contribution in [0.1, 0.15) is 31.9 Å². The van der Waals surface area contributed by atoms with Gasteiger partial charge in [-0.2, -0.15) is 0 Å². The number of hydrogen-bond donors (Lipinski definition) is 0. The number of benzene rings is 2. The Labute approximate surface area is 127 Å². The van der Waals surface area contributed by atoms with E-state index in [1.54, 1.807) is 12.1 Å². The van der Waals surface area contributed by atoms with E-state index in [1.807, 2.05) is 45.9 Å². The van der Waals surface area contributed by atoms with Crippen molar-refractivity contribution in [1.82, 2.24) is 0 Å². The van der Waals surface area contributed by atoms with E-state index in [9.17, 15) is 13.2 Å². The van der Waals surface area contributed by atoms with Gasteiger partial charge in [-0.3, -0.25) is 0 Å². The van der Waals surface area contributed by atoms with Crippen LogP contribution in [0, 0.1) is 6.92 Å². The van der Waals surface area contributed by atoms with E-state index in [-0.39, 0.29) is 5.41 Å². The molecule has 2 aromatic carbocycles. The van der Waals surface area contributed by atoms with Gasteiger partial charge in [0.25, 0.3) is 0 Å². The molecule has 0 N–H and O–H groups in total. The fourth-order valence-corrected chi connectivity index (χ4v) is 4.51. The maximum absolute atomic E-state index is 12.9. The summed E-state index contributed by atoms with van der Waals surface area (Å²) in [7, 11) is 0. The zero-order valence-corrected chi connectivity index (χ0v) is 14.3. The van der Waals surface area contributed by atoms with Crippen LogP contribution in [-0.4, -0.2) is 25.1 Å². The zero-order valence-electron chi connectivity index (χ0n) is 11.9. The Morgan fingerprint density at radius 2 is 1.50 bits per heavy atom.